The molecule has 0 aliphatic carbocycles. The molecule has 0 saturated heterocycles. The first-order valence-corrected chi connectivity index (χ1v) is 3.56. The molecule has 11 heavy (non-hydrogen) atoms. The fraction of sp³-hybridized carbons (Fsp3) is 0.444. The van der Waals surface area contributed by atoms with Crippen LogP contribution < -0.4 is 0 Å². The lowest BCUT2D eigenvalue weighted by molar-refractivity contribution is 0.565. The van der Waals surface area contributed by atoms with Crippen LogP contribution in [0.15, 0.2) is 6.20 Å². The van der Waals surface area contributed by atoms with E-state index in [9.17, 15) is 0 Å². The van der Waals surface area contributed by atoms with Crippen molar-refractivity contribution in [3.8, 4) is 12.3 Å². The van der Waals surface area contributed by atoms with Crippen molar-refractivity contribution < 1.29 is 0 Å². The summed E-state index contributed by atoms with van der Waals surface area (Å²) in [6.07, 6.45) is 6.96. The number of aromatic amines is 1. The Morgan fingerprint density at radius 1 is 1.55 bits per heavy atom. The highest BCUT2D eigenvalue weighted by molar-refractivity contribution is 5.37. The van der Waals surface area contributed by atoms with E-state index in [1.54, 1.807) is 6.20 Å². The summed E-state index contributed by atoms with van der Waals surface area (Å²) >= 11 is 0. The van der Waals surface area contributed by atoms with Crippen LogP contribution in [-0.2, 0) is 5.41 Å². The predicted molar refractivity (Wildman–Crippen MR) is 45.2 cm³/mol. The fourth-order valence-corrected chi connectivity index (χ4v) is 0.967. The van der Waals surface area contributed by atoms with Gasteiger partial charge >= 0.3 is 0 Å². The quantitative estimate of drug-likeness (QED) is 0.557. The van der Waals surface area contributed by atoms with Crippen molar-refractivity contribution in [2.45, 2.75) is 26.2 Å². The van der Waals surface area contributed by atoms with Crippen LogP contribution in [-0.4, -0.2) is 10.2 Å². The summed E-state index contributed by atoms with van der Waals surface area (Å²) in [6.45, 7) is 6.30. The lowest BCUT2D eigenvalue weighted by atomic mass is 9.90. The van der Waals surface area contributed by atoms with Crippen LogP contribution in [0.1, 0.15) is 32.0 Å². The molecule has 2 heteroatoms. The number of nitrogens with one attached hydrogen (secondary N) is 1. The van der Waals surface area contributed by atoms with Crippen LogP contribution in [0.5, 0.6) is 0 Å². The third-order valence-corrected chi connectivity index (χ3v) is 1.54. The molecule has 58 valence electrons. The number of terminal acetylenes is 1. The van der Waals surface area contributed by atoms with Gasteiger partial charge in [0.25, 0.3) is 0 Å². The molecule has 0 radical (unpaired) electrons. The lowest BCUT2D eigenvalue weighted by Gasteiger charge is -2.16. The SMILES string of the molecule is C#Cc1cn[nH]c1C(C)(C)C. The highest BCUT2D eigenvalue weighted by Gasteiger charge is 2.18. The molecule has 1 aromatic heterocycles. The summed E-state index contributed by atoms with van der Waals surface area (Å²) in [5.41, 5.74) is 1.94. The average Bonchev–Trinajstić information content (AvgIpc) is 2.31. The second-order valence-corrected chi connectivity index (χ2v) is 3.55. The molecule has 0 aromatic carbocycles. The second kappa shape index (κ2) is 2.43. The van der Waals surface area contributed by atoms with Crippen molar-refractivity contribution in [1.29, 1.82) is 0 Å². The monoisotopic (exact) mass is 148 g/mol. The largest absolute Gasteiger partial charge is 0.281 e. The van der Waals surface area contributed by atoms with Crippen molar-refractivity contribution in [3.05, 3.63) is 17.5 Å². The second-order valence-electron chi connectivity index (χ2n) is 3.55. The van der Waals surface area contributed by atoms with E-state index in [1.807, 2.05) is 0 Å². The van der Waals surface area contributed by atoms with E-state index in [0.717, 1.165) is 11.3 Å². The van der Waals surface area contributed by atoms with Gasteiger partial charge in [-0.15, -0.1) is 6.42 Å². The van der Waals surface area contributed by atoms with Gasteiger partial charge in [-0.05, 0) is 0 Å². The Bertz CT molecular complexity index is 283. The lowest BCUT2D eigenvalue weighted by Crippen LogP contribution is -2.13. The summed E-state index contributed by atoms with van der Waals surface area (Å²) in [5, 5.41) is 6.80. The molecule has 0 fully saturated rings. The Labute approximate surface area is 67.0 Å². The third-order valence-electron chi connectivity index (χ3n) is 1.54. The molecule has 1 aromatic rings. The average molecular weight is 148 g/mol. The molecule has 1 N–H and O–H groups in total. The Morgan fingerprint density at radius 2 is 2.18 bits per heavy atom. The normalized spacial score (nSPS) is 11.1. The number of aromatic nitrogens is 2. The number of H-pyrrole nitrogens is 1. The van der Waals surface area contributed by atoms with Crippen molar-refractivity contribution in [2.24, 2.45) is 0 Å². The van der Waals surface area contributed by atoms with E-state index < -0.39 is 0 Å². The van der Waals surface area contributed by atoms with Gasteiger partial charge in [-0.2, -0.15) is 5.10 Å². The smallest absolute Gasteiger partial charge is 0.0657 e. The van der Waals surface area contributed by atoms with Crippen LogP contribution in [0.4, 0.5) is 0 Å². The van der Waals surface area contributed by atoms with E-state index in [1.165, 1.54) is 0 Å². The third kappa shape index (κ3) is 1.43. The van der Waals surface area contributed by atoms with Crippen LogP contribution in [0.3, 0.4) is 0 Å². The maximum atomic E-state index is 5.28. The van der Waals surface area contributed by atoms with Gasteiger partial charge in [-0.25, -0.2) is 0 Å². The van der Waals surface area contributed by atoms with E-state index in [-0.39, 0.29) is 5.41 Å². The van der Waals surface area contributed by atoms with Gasteiger partial charge in [0.15, 0.2) is 0 Å². The summed E-state index contributed by atoms with van der Waals surface area (Å²) in [6, 6.07) is 0. The van der Waals surface area contributed by atoms with Gasteiger partial charge in [0.2, 0.25) is 0 Å². The Balaban J connectivity index is 3.15. The van der Waals surface area contributed by atoms with Gasteiger partial charge in [-0.1, -0.05) is 26.7 Å². The van der Waals surface area contributed by atoms with Crippen LogP contribution in [0.2, 0.25) is 0 Å². The van der Waals surface area contributed by atoms with Crippen LogP contribution in [0, 0.1) is 12.3 Å². The van der Waals surface area contributed by atoms with Gasteiger partial charge in [0.1, 0.15) is 0 Å². The topological polar surface area (TPSA) is 28.7 Å². The molecular formula is C9H12N2. The molecule has 2 nitrogen and oxygen atoms in total. The fourth-order valence-electron chi connectivity index (χ4n) is 0.967. The first-order valence-electron chi connectivity index (χ1n) is 3.56. The van der Waals surface area contributed by atoms with E-state index >= 15 is 0 Å². The Kier molecular flexibility index (Phi) is 1.74. The van der Waals surface area contributed by atoms with Crippen LogP contribution in [0.25, 0.3) is 0 Å². The molecule has 0 amide bonds. The van der Waals surface area contributed by atoms with Gasteiger partial charge in [-0.3, -0.25) is 5.10 Å². The zero-order chi connectivity index (χ0) is 8.48. The molecule has 0 spiro atoms. The molecule has 0 saturated carbocycles. The van der Waals surface area contributed by atoms with E-state index in [4.69, 9.17) is 6.42 Å². The minimum Gasteiger partial charge on any atom is -0.281 e. The van der Waals surface area contributed by atoms with Gasteiger partial charge in [0, 0.05) is 5.41 Å². The van der Waals surface area contributed by atoms with Crippen molar-refractivity contribution in [2.75, 3.05) is 0 Å². The van der Waals surface area contributed by atoms with Crippen LogP contribution >= 0.6 is 0 Å². The molecule has 0 unspecified atom stereocenters. The Hall–Kier alpha value is -1.23. The summed E-state index contributed by atoms with van der Waals surface area (Å²) in [4.78, 5) is 0. The Morgan fingerprint density at radius 3 is 2.55 bits per heavy atom. The first-order chi connectivity index (χ1) is 5.05. The molecule has 0 aliphatic rings. The highest BCUT2D eigenvalue weighted by atomic mass is 15.1. The minimum absolute atomic E-state index is 0.0538. The summed E-state index contributed by atoms with van der Waals surface area (Å²) < 4.78 is 0. The molecular weight excluding hydrogens is 136 g/mol. The summed E-state index contributed by atoms with van der Waals surface area (Å²) in [5.74, 6) is 2.59. The molecule has 1 rings (SSSR count). The maximum Gasteiger partial charge on any atom is 0.0657 e. The zero-order valence-corrected chi connectivity index (χ0v) is 7.10. The predicted octanol–water partition coefficient (Wildman–Crippen LogP) is 1.69. The molecule has 1 heterocycles. The van der Waals surface area contributed by atoms with Gasteiger partial charge in [0.05, 0.1) is 17.5 Å². The van der Waals surface area contributed by atoms with Gasteiger partial charge < -0.3 is 0 Å². The molecule has 0 atom stereocenters. The highest BCUT2D eigenvalue weighted by Crippen LogP contribution is 2.22. The standard InChI is InChI=1S/C9H12N2/c1-5-7-6-10-11-8(7)9(2,3)4/h1,6H,2-4H3,(H,10,11). The molecule has 0 bridgehead atoms. The number of rotatable bonds is 0. The number of nitrogens with zero attached hydrogens (tertiary/aromatic N) is 1. The van der Waals surface area contributed by atoms with Crippen molar-refractivity contribution >= 4 is 0 Å². The number of hydrogen-bond acceptors (Lipinski definition) is 1. The maximum absolute atomic E-state index is 5.28. The minimum atomic E-state index is 0.0538. The van der Waals surface area contributed by atoms with E-state index in [0.29, 0.717) is 0 Å². The van der Waals surface area contributed by atoms with Crippen molar-refractivity contribution in [1.82, 2.24) is 10.2 Å². The van der Waals surface area contributed by atoms with E-state index in [2.05, 4.69) is 36.9 Å². The van der Waals surface area contributed by atoms with Crippen molar-refractivity contribution in [3.63, 3.8) is 0 Å². The molecule has 0 aliphatic heterocycles. The zero-order valence-electron chi connectivity index (χ0n) is 7.10. The first kappa shape index (κ1) is 7.87. The summed E-state index contributed by atoms with van der Waals surface area (Å²) in [7, 11) is 0. The number of hydrogen-bond donors (Lipinski definition) is 1.